The summed E-state index contributed by atoms with van der Waals surface area (Å²) >= 11 is 0. The summed E-state index contributed by atoms with van der Waals surface area (Å²) in [5.74, 6) is -1.06. The van der Waals surface area contributed by atoms with E-state index in [1.54, 1.807) is 0 Å². The third-order valence-corrected chi connectivity index (χ3v) is 2.08. The van der Waals surface area contributed by atoms with Crippen LogP contribution < -0.4 is 9.47 Å². The summed E-state index contributed by atoms with van der Waals surface area (Å²) in [6, 6.07) is 3.44. The normalized spacial score (nSPS) is 11.8. The molecule has 0 saturated heterocycles. The molecule has 1 radical (unpaired) electrons. The van der Waals surface area contributed by atoms with Crippen LogP contribution in [0, 0.1) is 6.08 Å². The van der Waals surface area contributed by atoms with Crippen LogP contribution in [0.2, 0.25) is 0 Å². The maximum Gasteiger partial charge on any atom is 0.387 e. The van der Waals surface area contributed by atoms with E-state index >= 15 is 0 Å². The molecule has 103 valence electrons. The third-order valence-electron chi connectivity index (χ3n) is 2.08. The molecule has 3 nitrogen and oxygen atoms in total. The Bertz CT molecular complexity index is 472. The summed E-state index contributed by atoms with van der Waals surface area (Å²) in [6.45, 7) is -4.84. The molecule has 7 heteroatoms. The second-order valence-electron chi connectivity index (χ2n) is 3.31. The molecule has 0 amide bonds. The zero-order valence-corrected chi connectivity index (χ0v) is 9.70. The molecule has 0 aliphatic rings. The van der Waals surface area contributed by atoms with Crippen molar-refractivity contribution in [2.75, 3.05) is 0 Å². The Hall–Kier alpha value is -2.05. The molecule has 0 heterocycles. The highest BCUT2D eigenvalue weighted by molar-refractivity contribution is 5.77. The Kier molecular flexibility index (Phi) is 5.35. The largest absolute Gasteiger partial charge is 0.431 e. The first-order valence-corrected chi connectivity index (χ1v) is 5.01. The van der Waals surface area contributed by atoms with Gasteiger partial charge in [-0.15, -0.1) is 0 Å². The lowest BCUT2D eigenvalue weighted by atomic mass is 10.1. The summed E-state index contributed by atoms with van der Waals surface area (Å²) in [7, 11) is 0. The van der Waals surface area contributed by atoms with Crippen LogP contribution in [-0.4, -0.2) is 19.5 Å². The predicted molar refractivity (Wildman–Crippen MR) is 58.1 cm³/mol. The number of carbonyl (C=O) groups is 1. The summed E-state index contributed by atoms with van der Waals surface area (Å²) < 4.78 is 56.7. The number of halogens is 4. The summed E-state index contributed by atoms with van der Waals surface area (Å²) in [5.41, 5.74) is 0.669. The van der Waals surface area contributed by atoms with Gasteiger partial charge in [-0.3, -0.25) is 4.79 Å². The zero-order valence-electron chi connectivity index (χ0n) is 9.70. The Balaban J connectivity index is 3.14. The molecule has 0 aliphatic heterocycles. The van der Waals surface area contributed by atoms with E-state index in [0.29, 0.717) is 17.4 Å². The van der Waals surface area contributed by atoms with Gasteiger partial charge in [0.2, 0.25) is 0 Å². The molecule has 0 aliphatic carbocycles. The van der Waals surface area contributed by atoms with Crippen LogP contribution in [0.15, 0.2) is 18.2 Å². The van der Waals surface area contributed by atoms with Crippen molar-refractivity contribution >= 4 is 11.9 Å². The summed E-state index contributed by atoms with van der Waals surface area (Å²) in [6.07, 6.45) is 2.70. The van der Waals surface area contributed by atoms with E-state index in [9.17, 15) is 22.4 Å². The van der Waals surface area contributed by atoms with Gasteiger partial charge in [0.1, 0.15) is 0 Å². The number of ether oxygens (including phenoxy) is 2. The molecular weight excluding hydrogens is 268 g/mol. The van der Waals surface area contributed by atoms with Crippen molar-refractivity contribution in [2.24, 2.45) is 0 Å². The molecule has 0 saturated carbocycles. The topological polar surface area (TPSA) is 35.5 Å². The highest BCUT2D eigenvalue weighted by Gasteiger charge is 2.15. The number of hydrogen-bond donors (Lipinski definition) is 0. The molecule has 0 bridgehead atoms. The molecular formula is C12H9F4O3. The van der Waals surface area contributed by atoms with E-state index in [2.05, 4.69) is 15.5 Å². The van der Waals surface area contributed by atoms with Crippen LogP contribution in [0.3, 0.4) is 0 Å². The Morgan fingerprint density at radius 3 is 2.26 bits per heavy atom. The number of alkyl halides is 4. The number of carbonyl (C=O) groups excluding carboxylic acids is 1. The van der Waals surface area contributed by atoms with Crippen LogP contribution in [0.25, 0.3) is 5.57 Å². The minimum absolute atomic E-state index is 0.323. The van der Waals surface area contributed by atoms with E-state index in [1.807, 2.05) is 0 Å². The van der Waals surface area contributed by atoms with Crippen LogP contribution in [-0.2, 0) is 4.79 Å². The van der Waals surface area contributed by atoms with Gasteiger partial charge in [-0.1, -0.05) is 6.07 Å². The smallest absolute Gasteiger partial charge is 0.387 e. The lowest BCUT2D eigenvalue weighted by Gasteiger charge is -2.13. The van der Waals surface area contributed by atoms with Crippen LogP contribution >= 0.6 is 0 Å². The molecule has 0 fully saturated rings. The van der Waals surface area contributed by atoms with Gasteiger partial charge in [0.15, 0.2) is 17.8 Å². The Morgan fingerprint density at radius 2 is 1.74 bits per heavy atom. The average molecular weight is 277 g/mol. The molecule has 0 spiro atoms. The fourth-order valence-corrected chi connectivity index (χ4v) is 1.29. The van der Waals surface area contributed by atoms with Crippen molar-refractivity contribution in [2.45, 2.75) is 20.1 Å². The minimum Gasteiger partial charge on any atom is -0.431 e. The van der Waals surface area contributed by atoms with Gasteiger partial charge in [-0.25, -0.2) is 0 Å². The number of aldehydes is 1. The van der Waals surface area contributed by atoms with Gasteiger partial charge < -0.3 is 9.47 Å². The molecule has 0 aromatic heterocycles. The van der Waals surface area contributed by atoms with E-state index in [0.717, 1.165) is 12.1 Å². The van der Waals surface area contributed by atoms with Gasteiger partial charge in [0.25, 0.3) is 0 Å². The monoisotopic (exact) mass is 277 g/mol. The Labute approximate surface area is 106 Å². The third kappa shape index (κ3) is 4.61. The molecule has 1 aromatic carbocycles. The number of hydrogen-bond acceptors (Lipinski definition) is 3. The van der Waals surface area contributed by atoms with Crippen molar-refractivity contribution < 1.29 is 31.8 Å². The van der Waals surface area contributed by atoms with Gasteiger partial charge in [0, 0.05) is 6.08 Å². The van der Waals surface area contributed by atoms with Crippen molar-refractivity contribution in [3.05, 3.63) is 29.8 Å². The van der Waals surface area contributed by atoms with E-state index < -0.39 is 24.7 Å². The fraction of sp³-hybridized carbons (Fsp3) is 0.250. The van der Waals surface area contributed by atoms with Crippen LogP contribution in [0.1, 0.15) is 12.5 Å². The van der Waals surface area contributed by atoms with Crippen LogP contribution in [0.4, 0.5) is 17.6 Å². The maximum absolute atomic E-state index is 12.2. The predicted octanol–water partition coefficient (Wildman–Crippen LogP) is 3.29. The Morgan fingerprint density at radius 1 is 1.16 bits per heavy atom. The van der Waals surface area contributed by atoms with Gasteiger partial charge >= 0.3 is 13.2 Å². The van der Waals surface area contributed by atoms with Gasteiger partial charge in [-0.2, -0.15) is 17.6 Å². The van der Waals surface area contributed by atoms with Crippen molar-refractivity contribution in [1.82, 2.24) is 0 Å². The van der Waals surface area contributed by atoms with E-state index in [-0.39, 0.29) is 0 Å². The highest BCUT2D eigenvalue weighted by atomic mass is 19.3. The quantitative estimate of drug-likeness (QED) is 0.454. The molecule has 1 rings (SSSR count). The molecule has 0 atom stereocenters. The molecule has 19 heavy (non-hydrogen) atoms. The van der Waals surface area contributed by atoms with Crippen molar-refractivity contribution in [3.8, 4) is 11.5 Å². The highest BCUT2D eigenvalue weighted by Crippen LogP contribution is 2.32. The second kappa shape index (κ2) is 6.77. The number of rotatable bonds is 6. The molecule has 0 unspecified atom stereocenters. The summed E-state index contributed by atoms with van der Waals surface area (Å²) in [5, 5.41) is 0. The number of benzene rings is 1. The minimum atomic E-state index is -3.19. The van der Waals surface area contributed by atoms with E-state index in [4.69, 9.17) is 0 Å². The molecule has 1 aromatic rings. The maximum atomic E-state index is 12.2. The average Bonchev–Trinajstić information content (AvgIpc) is 2.30. The first-order valence-electron chi connectivity index (χ1n) is 5.01. The lowest BCUT2D eigenvalue weighted by molar-refractivity contribution is -0.104. The van der Waals surface area contributed by atoms with Gasteiger partial charge in [0.05, 0.1) is 0 Å². The summed E-state index contributed by atoms with van der Waals surface area (Å²) in [4.78, 5) is 10.3. The zero-order chi connectivity index (χ0) is 14.4. The lowest BCUT2D eigenvalue weighted by Crippen LogP contribution is -2.08. The fourth-order valence-electron chi connectivity index (χ4n) is 1.29. The van der Waals surface area contributed by atoms with Crippen molar-refractivity contribution in [1.29, 1.82) is 0 Å². The second-order valence-corrected chi connectivity index (χ2v) is 3.31. The first-order chi connectivity index (χ1) is 8.93. The van der Waals surface area contributed by atoms with Crippen LogP contribution in [0.5, 0.6) is 11.5 Å². The first kappa shape index (κ1) is 15.0. The number of allylic oxidation sites excluding steroid dienone is 2. The standard InChI is InChI=1S/C12H9F4O3/c1-7(4-5-17)8-2-3-9(18-11(13)14)10(6-8)19-12(15)16/h2-3,5-6,11-12H,1H3. The van der Waals surface area contributed by atoms with E-state index in [1.165, 1.54) is 13.0 Å². The molecule has 0 N–H and O–H groups in total. The SMILES string of the molecule is C/C(=[C]\C=O)c1ccc(OC(F)F)c(OC(F)F)c1. The van der Waals surface area contributed by atoms with Gasteiger partial charge in [-0.05, 0) is 30.2 Å². The van der Waals surface area contributed by atoms with Crippen molar-refractivity contribution in [3.63, 3.8) is 0 Å².